The molecule has 1 saturated heterocycles. The molecular weight excluding hydrogens is 212 g/mol. The van der Waals surface area contributed by atoms with Gasteiger partial charge in [0.25, 0.3) is 0 Å². The number of methoxy groups -OCH3 is 1. The van der Waals surface area contributed by atoms with Crippen molar-refractivity contribution in [2.45, 2.75) is 38.6 Å². The first-order valence-corrected chi connectivity index (χ1v) is 7.24. The standard InChI is InChI=1S/C14H28N2O/c1-12(10-16-7-3-4-8-16)9-15-14(11-17-2)13-5-6-13/h12-15H,3-11H2,1-2H3. The number of nitrogens with one attached hydrogen (secondary N) is 1. The highest BCUT2D eigenvalue weighted by Gasteiger charge is 2.31. The molecule has 0 aromatic carbocycles. The summed E-state index contributed by atoms with van der Waals surface area (Å²) in [5, 5.41) is 3.70. The summed E-state index contributed by atoms with van der Waals surface area (Å²) >= 11 is 0. The van der Waals surface area contributed by atoms with E-state index in [9.17, 15) is 0 Å². The van der Waals surface area contributed by atoms with E-state index in [1.165, 1.54) is 45.3 Å². The maximum atomic E-state index is 5.30. The Kier molecular flexibility index (Phi) is 5.26. The summed E-state index contributed by atoms with van der Waals surface area (Å²) < 4.78 is 5.30. The first-order chi connectivity index (χ1) is 8.29. The van der Waals surface area contributed by atoms with Gasteiger partial charge in [0.15, 0.2) is 0 Å². The highest BCUT2D eigenvalue weighted by molar-refractivity contribution is 4.86. The van der Waals surface area contributed by atoms with Crippen molar-refractivity contribution < 1.29 is 4.74 Å². The monoisotopic (exact) mass is 240 g/mol. The normalized spacial score (nSPS) is 25.1. The van der Waals surface area contributed by atoms with Crippen molar-refractivity contribution in [2.24, 2.45) is 11.8 Å². The predicted octanol–water partition coefficient (Wildman–Crippen LogP) is 1.73. The summed E-state index contributed by atoms with van der Waals surface area (Å²) in [6.45, 7) is 8.27. The first-order valence-electron chi connectivity index (χ1n) is 7.24. The van der Waals surface area contributed by atoms with Crippen LogP contribution in [0.1, 0.15) is 32.6 Å². The van der Waals surface area contributed by atoms with Gasteiger partial charge in [-0.25, -0.2) is 0 Å². The molecule has 1 aliphatic heterocycles. The molecule has 0 amide bonds. The zero-order valence-corrected chi connectivity index (χ0v) is 11.5. The lowest BCUT2D eigenvalue weighted by Crippen LogP contribution is -2.40. The van der Waals surface area contributed by atoms with E-state index in [0.717, 1.165) is 25.0 Å². The molecule has 100 valence electrons. The molecule has 1 heterocycles. The predicted molar refractivity (Wildman–Crippen MR) is 71.2 cm³/mol. The van der Waals surface area contributed by atoms with E-state index in [0.29, 0.717) is 6.04 Å². The van der Waals surface area contributed by atoms with Crippen molar-refractivity contribution in [3.8, 4) is 0 Å². The van der Waals surface area contributed by atoms with Gasteiger partial charge >= 0.3 is 0 Å². The minimum absolute atomic E-state index is 0.598. The van der Waals surface area contributed by atoms with Gasteiger partial charge in [-0.1, -0.05) is 6.92 Å². The van der Waals surface area contributed by atoms with Gasteiger partial charge in [-0.3, -0.25) is 0 Å². The molecule has 3 heteroatoms. The molecule has 0 aromatic heterocycles. The van der Waals surface area contributed by atoms with E-state index in [2.05, 4.69) is 17.1 Å². The number of likely N-dealkylation sites (tertiary alicyclic amines) is 1. The Morgan fingerprint density at radius 2 is 2.00 bits per heavy atom. The Morgan fingerprint density at radius 1 is 1.29 bits per heavy atom. The molecule has 1 saturated carbocycles. The van der Waals surface area contributed by atoms with Crippen LogP contribution in [0.15, 0.2) is 0 Å². The third-order valence-corrected chi connectivity index (χ3v) is 4.03. The highest BCUT2D eigenvalue weighted by Crippen LogP contribution is 2.32. The highest BCUT2D eigenvalue weighted by atomic mass is 16.5. The van der Waals surface area contributed by atoms with Crippen LogP contribution in [0.4, 0.5) is 0 Å². The minimum Gasteiger partial charge on any atom is -0.383 e. The lowest BCUT2D eigenvalue weighted by Gasteiger charge is -2.23. The van der Waals surface area contributed by atoms with Crippen molar-refractivity contribution in [3.63, 3.8) is 0 Å². The number of ether oxygens (including phenoxy) is 1. The number of nitrogens with zero attached hydrogens (tertiary/aromatic N) is 1. The molecule has 2 aliphatic rings. The molecule has 2 fully saturated rings. The molecule has 2 rings (SSSR count). The maximum absolute atomic E-state index is 5.30. The largest absolute Gasteiger partial charge is 0.383 e. The van der Waals surface area contributed by atoms with Crippen LogP contribution in [0, 0.1) is 11.8 Å². The zero-order valence-electron chi connectivity index (χ0n) is 11.5. The average molecular weight is 240 g/mol. The van der Waals surface area contributed by atoms with Gasteiger partial charge in [0.2, 0.25) is 0 Å². The lowest BCUT2D eigenvalue weighted by atomic mass is 10.1. The second-order valence-corrected chi connectivity index (χ2v) is 5.92. The Labute approximate surface area is 106 Å². The molecular formula is C14H28N2O. The van der Waals surface area contributed by atoms with Crippen LogP contribution in [0.2, 0.25) is 0 Å². The topological polar surface area (TPSA) is 24.5 Å². The van der Waals surface area contributed by atoms with Crippen molar-refractivity contribution in [3.05, 3.63) is 0 Å². The SMILES string of the molecule is COCC(NCC(C)CN1CCCC1)C1CC1. The third kappa shape index (κ3) is 4.57. The summed E-state index contributed by atoms with van der Waals surface area (Å²) in [5.41, 5.74) is 0. The van der Waals surface area contributed by atoms with E-state index in [1.54, 1.807) is 0 Å². The first kappa shape index (κ1) is 13.3. The fourth-order valence-electron chi connectivity index (χ4n) is 2.86. The van der Waals surface area contributed by atoms with Crippen LogP contribution >= 0.6 is 0 Å². The second kappa shape index (κ2) is 6.72. The molecule has 2 unspecified atom stereocenters. The molecule has 0 spiro atoms. The Hall–Kier alpha value is -0.120. The van der Waals surface area contributed by atoms with Crippen molar-refractivity contribution >= 4 is 0 Å². The molecule has 0 radical (unpaired) electrons. The quantitative estimate of drug-likeness (QED) is 0.699. The van der Waals surface area contributed by atoms with E-state index < -0.39 is 0 Å². The molecule has 2 atom stereocenters. The molecule has 3 nitrogen and oxygen atoms in total. The number of hydrogen-bond donors (Lipinski definition) is 1. The Bertz CT molecular complexity index is 212. The van der Waals surface area contributed by atoms with Crippen LogP contribution in [-0.4, -0.2) is 50.8 Å². The van der Waals surface area contributed by atoms with E-state index in [4.69, 9.17) is 4.74 Å². The fraction of sp³-hybridized carbons (Fsp3) is 1.00. The fourth-order valence-corrected chi connectivity index (χ4v) is 2.86. The molecule has 0 aromatic rings. The van der Waals surface area contributed by atoms with Gasteiger partial charge in [-0.15, -0.1) is 0 Å². The summed E-state index contributed by atoms with van der Waals surface area (Å²) in [6, 6.07) is 0.598. The summed E-state index contributed by atoms with van der Waals surface area (Å²) in [7, 11) is 1.81. The summed E-state index contributed by atoms with van der Waals surface area (Å²) in [5.74, 6) is 1.64. The van der Waals surface area contributed by atoms with E-state index in [1.807, 2.05) is 7.11 Å². The van der Waals surface area contributed by atoms with E-state index >= 15 is 0 Å². The van der Waals surface area contributed by atoms with E-state index in [-0.39, 0.29) is 0 Å². The van der Waals surface area contributed by atoms with Crippen molar-refractivity contribution in [2.75, 3.05) is 39.9 Å². The van der Waals surface area contributed by atoms with Crippen LogP contribution in [0.3, 0.4) is 0 Å². The molecule has 17 heavy (non-hydrogen) atoms. The lowest BCUT2D eigenvalue weighted by molar-refractivity contribution is 0.153. The Balaban J connectivity index is 1.61. The van der Waals surface area contributed by atoms with Crippen LogP contribution in [0.5, 0.6) is 0 Å². The van der Waals surface area contributed by atoms with Crippen LogP contribution in [-0.2, 0) is 4.74 Å². The minimum atomic E-state index is 0.598. The molecule has 1 aliphatic carbocycles. The van der Waals surface area contributed by atoms with Gasteiger partial charge in [-0.2, -0.15) is 0 Å². The van der Waals surface area contributed by atoms with Gasteiger partial charge in [0.1, 0.15) is 0 Å². The zero-order chi connectivity index (χ0) is 12.1. The van der Waals surface area contributed by atoms with Gasteiger partial charge in [0, 0.05) is 19.7 Å². The number of rotatable bonds is 8. The van der Waals surface area contributed by atoms with Crippen molar-refractivity contribution in [1.82, 2.24) is 10.2 Å². The second-order valence-electron chi connectivity index (χ2n) is 5.92. The summed E-state index contributed by atoms with van der Waals surface area (Å²) in [6.07, 6.45) is 5.58. The average Bonchev–Trinajstić information content (AvgIpc) is 3.04. The van der Waals surface area contributed by atoms with Gasteiger partial charge in [-0.05, 0) is 57.2 Å². The third-order valence-electron chi connectivity index (χ3n) is 4.03. The molecule has 1 N–H and O–H groups in total. The number of hydrogen-bond acceptors (Lipinski definition) is 3. The summed E-state index contributed by atoms with van der Waals surface area (Å²) in [4.78, 5) is 2.61. The van der Waals surface area contributed by atoms with Crippen LogP contribution in [0.25, 0.3) is 0 Å². The van der Waals surface area contributed by atoms with Gasteiger partial charge < -0.3 is 15.0 Å². The van der Waals surface area contributed by atoms with Crippen molar-refractivity contribution in [1.29, 1.82) is 0 Å². The van der Waals surface area contributed by atoms with Crippen LogP contribution < -0.4 is 5.32 Å². The smallest absolute Gasteiger partial charge is 0.0618 e. The van der Waals surface area contributed by atoms with Gasteiger partial charge in [0.05, 0.1) is 6.61 Å². The Morgan fingerprint density at radius 3 is 2.59 bits per heavy atom. The maximum Gasteiger partial charge on any atom is 0.0618 e. The molecule has 0 bridgehead atoms.